The van der Waals surface area contributed by atoms with Crippen molar-refractivity contribution in [1.29, 1.82) is 0 Å². The molecule has 0 radical (unpaired) electrons. The van der Waals surface area contributed by atoms with E-state index in [1.165, 1.54) is 22.7 Å². The van der Waals surface area contributed by atoms with Crippen LogP contribution in [0.5, 0.6) is 0 Å². The maximum Gasteiger partial charge on any atom is 1.00 e. The number of aliphatic carboxylic acids is 1. The first kappa shape index (κ1) is 19.2. The van der Waals surface area contributed by atoms with E-state index in [9.17, 15) is 14.7 Å². The van der Waals surface area contributed by atoms with Crippen LogP contribution in [0.25, 0.3) is 0 Å². The number of hydrogen-bond donors (Lipinski definition) is 1. The van der Waals surface area contributed by atoms with Crippen LogP contribution in [0.15, 0.2) is 46.6 Å². The van der Waals surface area contributed by atoms with Gasteiger partial charge in [-0.05, 0) is 18.2 Å². The molecule has 0 aromatic carbocycles. The molecule has 3 heterocycles. The summed E-state index contributed by atoms with van der Waals surface area (Å²) in [7, 11) is 0. The molecule has 1 aromatic rings. The fourth-order valence-electron chi connectivity index (χ4n) is 3.02. The van der Waals surface area contributed by atoms with E-state index in [-0.39, 0.29) is 59.7 Å². The van der Waals surface area contributed by atoms with Crippen molar-refractivity contribution in [3.05, 3.63) is 52.3 Å². The van der Waals surface area contributed by atoms with Crippen molar-refractivity contribution < 1.29 is 49.4 Å². The van der Waals surface area contributed by atoms with Crippen LogP contribution in [-0.2, 0) is 15.3 Å². The van der Waals surface area contributed by atoms with E-state index in [1.54, 1.807) is 6.20 Å². The van der Waals surface area contributed by atoms with Gasteiger partial charge < -0.3 is 15.0 Å². The Kier molecular flexibility index (Phi) is 6.28. The number of amides is 1. The minimum absolute atomic E-state index is 0. The third kappa shape index (κ3) is 3.19. The van der Waals surface area contributed by atoms with Crippen LogP contribution in [0.3, 0.4) is 0 Å². The Hall–Kier alpha value is -1.12. The van der Waals surface area contributed by atoms with Gasteiger partial charge in [-0.2, -0.15) is 0 Å². The van der Waals surface area contributed by atoms with Gasteiger partial charge in [0.25, 0.3) is 5.91 Å². The minimum atomic E-state index is -1.35. The second-order valence-electron chi connectivity index (χ2n) is 5.36. The van der Waals surface area contributed by atoms with Crippen LogP contribution in [0, 0.1) is 5.92 Å². The van der Waals surface area contributed by atoms with Crippen LogP contribution in [0.1, 0.15) is 12.6 Å². The van der Waals surface area contributed by atoms with Crippen molar-refractivity contribution in [2.75, 3.05) is 6.61 Å². The smallest absolute Gasteiger partial charge is 0.543 e. The summed E-state index contributed by atoms with van der Waals surface area (Å²) in [6, 6.07) is 5.22. The maximum absolute atomic E-state index is 12.1. The van der Waals surface area contributed by atoms with Gasteiger partial charge in [0.2, 0.25) is 0 Å². The Morgan fingerprint density at radius 2 is 2.25 bits per heavy atom. The summed E-state index contributed by atoms with van der Waals surface area (Å²) >= 11 is 1.36. The van der Waals surface area contributed by atoms with E-state index in [0.29, 0.717) is 16.2 Å². The molecular weight excluding hydrogens is 339 g/mol. The number of thioether (sulfide) groups is 1. The SMILES string of the molecule is C[C@H]1C(SCc2ccccn2)=C(C(=O)[O-])N2C(=O)/C(=C/CO)[C@@H]12.[Na+]. The molecule has 120 valence electrons. The first-order chi connectivity index (χ1) is 11.1. The molecule has 24 heavy (non-hydrogen) atoms. The van der Waals surface area contributed by atoms with Crippen LogP contribution in [0.2, 0.25) is 0 Å². The van der Waals surface area contributed by atoms with E-state index in [2.05, 4.69) is 4.98 Å². The summed E-state index contributed by atoms with van der Waals surface area (Å²) in [6.07, 6.45) is 3.13. The predicted octanol–water partition coefficient (Wildman–Crippen LogP) is -2.94. The molecule has 0 unspecified atom stereocenters. The molecule has 1 fully saturated rings. The van der Waals surface area contributed by atoms with Crippen LogP contribution in [0.4, 0.5) is 0 Å². The van der Waals surface area contributed by atoms with Crippen molar-refractivity contribution in [1.82, 2.24) is 9.88 Å². The van der Waals surface area contributed by atoms with Crippen molar-refractivity contribution >= 4 is 23.6 Å². The number of aliphatic hydroxyl groups is 1. The van der Waals surface area contributed by atoms with Gasteiger partial charge in [0.1, 0.15) is 0 Å². The maximum atomic E-state index is 12.1. The first-order valence-corrected chi connectivity index (χ1v) is 8.17. The molecule has 0 saturated carbocycles. The van der Waals surface area contributed by atoms with Crippen LogP contribution in [-0.4, -0.2) is 39.5 Å². The molecule has 0 bridgehead atoms. The Bertz CT molecular complexity index is 720. The number of carboxylic acid groups (broad SMARTS) is 1. The average molecular weight is 354 g/mol. The first-order valence-electron chi connectivity index (χ1n) is 7.19. The number of hydrogen-bond acceptors (Lipinski definition) is 6. The van der Waals surface area contributed by atoms with E-state index in [1.807, 2.05) is 25.1 Å². The van der Waals surface area contributed by atoms with Crippen molar-refractivity contribution in [2.45, 2.75) is 18.7 Å². The number of aromatic nitrogens is 1. The minimum Gasteiger partial charge on any atom is -0.543 e. The number of carbonyl (C=O) groups is 2. The van der Waals surface area contributed by atoms with Gasteiger partial charge in [-0.15, -0.1) is 11.8 Å². The van der Waals surface area contributed by atoms with Gasteiger partial charge in [0.15, 0.2) is 0 Å². The van der Waals surface area contributed by atoms with Gasteiger partial charge in [0.05, 0.1) is 30.0 Å². The van der Waals surface area contributed by atoms with Gasteiger partial charge in [-0.3, -0.25) is 14.7 Å². The summed E-state index contributed by atoms with van der Waals surface area (Å²) < 4.78 is 0. The standard InChI is InChI=1S/C16H16N2O4S.Na/c1-9-12-11(5-7-19)15(20)18(12)13(16(21)22)14(9)23-8-10-4-2-3-6-17-10;/h2-6,9,12,19H,7-8H2,1H3,(H,21,22);/q;+1/p-1/b11-5+;/t9-,12-;/m1./s1. The second kappa shape index (κ2) is 7.84. The number of pyridine rings is 1. The van der Waals surface area contributed by atoms with E-state index >= 15 is 0 Å². The molecule has 1 amide bonds. The van der Waals surface area contributed by atoms with Gasteiger partial charge in [-0.1, -0.05) is 13.0 Å². The average Bonchev–Trinajstić information content (AvgIpc) is 2.81. The number of carboxylic acids is 1. The van der Waals surface area contributed by atoms with E-state index in [4.69, 9.17) is 5.11 Å². The summed E-state index contributed by atoms with van der Waals surface area (Å²) in [5.74, 6) is -1.35. The Morgan fingerprint density at radius 1 is 1.50 bits per heavy atom. The summed E-state index contributed by atoms with van der Waals surface area (Å²) in [4.78, 5) is 29.7. The quantitative estimate of drug-likeness (QED) is 0.346. The molecule has 6 nitrogen and oxygen atoms in total. The van der Waals surface area contributed by atoms with E-state index in [0.717, 1.165) is 5.69 Å². The van der Waals surface area contributed by atoms with Crippen molar-refractivity contribution in [3.63, 3.8) is 0 Å². The molecule has 2 aliphatic rings. The number of fused-ring (bicyclic) bond motifs is 1. The number of rotatable bonds is 5. The van der Waals surface area contributed by atoms with Crippen molar-refractivity contribution in [3.8, 4) is 0 Å². The molecule has 3 rings (SSSR count). The van der Waals surface area contributed by atoms with Gasteiger partial charge in [0, 0.05) is 28.3 Å². The molecule has 1 N–H and O–H groups in total. The molecule has 8 heteroatoms. The van der Waals surface area contributed by atoms with Gasteiger partial charge >= 0.3 is 29.6 Å². The summed E-state index contributed by atoms with van der Waals surface area (Å²) in [5.41, 5.74) is 1.25. The number of carbonyl (C=O) groups excluding carboxylic acids is 2. The number of aliphatic hydroxyl groups excluding tert-OH is 1. The third-order valence-electron chi connectivity index (χ3n) is 4.03. The zero-order valence-corrected chi connectivity index (χ0v) is 16.2. The Morgan fingerprint density at radius 3 is 2.83 bits per heavy atom. The Labute approximate surface area is 165 Å². The van der Waals surface area contributed by atoms with Crippen molar-refractivity contribution in [2.24, 2.45) is 5.92 Å². The van der Waals surface area contributed by atoms with Gasteiger partial charge in [-0.25, -0.2) is 0 Å². The Balaban J connectivity index is 0.00000208. The molecule has 1 saturated heterocycles. The molecule has 2 atom stereocenters. The zero-order chi connectivity index (χ0) is 16.6. The fourth-order valence-corrected chi connectivity index (χ4v) is 4.20. The van der Waals surface area contributed by atoms with Crippen LogP contribution >= 0.6 is 11.8 Å². The molecular formula is C16H15N2NaO4S. The molecule has 0 aliphatic carbocycles. The second-order valence-corrected chi connectivity index (χ2v) is 6.38. The molecule has 0 spiro atoms. The molecule has 2 aliphatic heterocycles. The fraction of sp³-hybridized carbons (Fsp3) is 0.312. The number of nitrogens with zero attached hydrogens (tertiary/aromatic N) is 2. The largest absolute Gasteiger partial charge is 1.00 e. The number of β-lactam (4-membered cyclic amide) rings is 1. The van der Waals surface area contributed by atoms with Crippen LogP contribution < -0.4 is 34.7 Å². The zero-order valence-electron chi connectivity index (χ0n) is 13.4. The van der Waals surface area contributed by atoms with E-state index < -0.39 is 5.97 Å². The normalized spacial score (nSPS) is 23.8. The molecule has 1 aromatic heterocycles. The third-order valence-corrected chi connectivity index (χ3v) is 5.35. The summed E-state index contributed by atoms with van der Waals surface area (Å²) in [6.45, 7) is 1.64. The predicted molar refractivity (Wildman–Crippen MR) is 82.5 cm³/mol. The summed E-state index contributed by atoms with van der Waals surface area (Å²) in [5, 5.41) is 20.5. The topological polar surface area (TPSA) is 93.6 Å². The monoisotopic (exact) mass is 354 g/mol.